The van der Waals surface area contributed by atoms with Crippen LogP contribution in [-0.4, -0.2) is 84.4 Å². The molecule has 4 rings (SSSR count). The minimum absolute atomic E-state index is 0. The first kappa shape index (κ1) is 33.9. The summed E-state index contributed by atoms with van der Waals surface area (Å²) >= 11 is 0. The highest BCUT2D eigenvalue weighted by atomic mass is 35.5. The van der Waals surface area contributed by atoms with Crippen LogP contribution in [0.15, 0.2) is 54.7 Å². The van der Waals surface area contributed by atoms with Crippen molar-refractivity contribution in [3.05, 3.63) is 60.4 Å². The smallest absolute Gasteiger partial charge is 0.355 e. The SMILES string of the molecule is COc1ccccc1[NH+]1CC[NH+](CC(COc2cc(OC)c(OC)c(OC)c2)OC(=O)c2cccn2C)CC1.[Cl-].[Cl-]. The Morgan fingerprint density at radius 1 is 0.854 bits per heavy atom. The highest BCUT2D eigenvalue weighted by molar-refractivity contribution is 5.87. The molecule has 2 aromatic carbocycles. The van der Waals surface area contributed by atoms with Gasteiger partial charge in [0.2, 0.25) is 5.75 Å². The van der Waals surface area contributed by atoms with Crippen LogP contribution in [0.25, 0.3) is 0 Å². The Bertz CT molecular complexity index is 1220. The van der Waals surface area contributed by atoms with Crippen LogP contribution in [0.5, 0.6) is 28.7 Å². The van der Waals surface area contributed by atoms with Crippen molar-refractivity contribution >= 4 is 11.7 Å². The summed E-state index contributed by atoms with van der Waals surface area (Å²) in [6.07, 6.45) is 1.36. The Balaban J connectivity index is 0.00000294. The van der Waals surface area contributed by atoms with Gasteiger partial charge in [0.15, 0.2) is 29.0 Å². The predicted octanol–water partition coefficient (Wildman–Crippen LogP) is -5.21. The first-order chi connectivity index (χ1) is 19.0. The van der Waals surface area contributed by atoms with E-state index in [1.807, 2.05) is 37.5 Å². The van der Waals surface area contributed by atoms with Crippen molar-refractivity contribution in [3.63, 3.8) is 0 Å². The van der Waals surface area contributed by atoms with E-state index in [1.165, 1.54) is 15.5 Å². The summed E-state index contributed by atoms with van der Waals surface area (Å²) in [7, 11) is 8.20. The lowest BCUT2D eigenvalue weighted by atomic mass is 10.2. The summed E-state index contributed by atoms with van der Waals surface area (Å²) in [4.78, 5) is 15.7. The number of nitrogens with zero attached hydrogens (tertiary/aromatic N) is 1. The number of aryl methyl sites for hydroxylation is 1. The normalized spacial score (nSPS) is 16.8. The van der Waals surface area contributed by atoms with E-state index in [-0.39, 0.29) is 37.4 Å². The molecule has 1 atom stereocenters. The second-order valence-corrected chi connectivity index (χ2v) is 9.46. The molecule has 1 aromatic heterocycles. The van der Waals surface area contributed by atoms with Crippen molar-refractivity contribution in [2.24, 2.45) is 7.05 Å². The fourth-order valence-corrected chi connectivity index (χ4v) is 4.99. The van der Waals surface area contributed by atoms with Crippen LogP contribution in [0.2, 0.25) is 0 Å². The molecule has 12 heteroatoms. The van der Waals surface area contributed by atoms with Crippen molar-refractivity contribution in [2.75, 3.05) is 67.8 Å². The Hall–Kier alpha value is -3.31. The molecule has 1 aliphatic heterocycles. The Morgan fingerprint density at radius 2 is 1.49 bits per heavy atom. The maximum atomic E-state index is 13.0. The fourth-order valence-electron chi connectivity index (χ4n) is 4.99. The molecule has 2 N–H and O–H groups in total. The Labute approximate surface area is 253 Å². The van der Waals surface area contributed by atoms with Gasteiger partial charge in [0.05, 0.1) is 28.4 Å². The third-order valence-electron chi connectivity index (χ3n) is 7.07. The number of nitrogens with one attached hydrogen (secondary N) is 2. The molecule has 0 saturated carbocycles. The number of ether oxygens (including phenoxy) is 6. The molecule has 0 aliphatic carbocycles. The van der Waals surface area contributed by atoms with Gasteiger partial charge in [0.25, 0.3) is 0 Å². The number of carbonyl (C=O) groups is 1. The average Bonchev–Trinajstić information content (AvgIpc) is 3.41. The number of hydrogen-bond acceptors (Lipinski definition) is 7. The number of halogens is 2. The molecule has 1 unspecified atom stereocenters. The van der Waals surface area contributed by atoms with Crippen molar-refractivity contribution in [1.29, 1.82) is 0 Å². The molecule has 1 aliphatic rings. The summed E-state index contributed by atoms with van der Waals surface area (Å²) in [6, 6.07) is 15.2. The molecular weight excluding hydrogens is 573 g/mol. The minimum Gasteiger partial charge on any atom is -1.00 e. The molecule has 1 saturated heterocycles. The molecule has 2 heterocycles. The average molecular weight is 613 g/mol. The zero-order chi connectivity index (χ0) is 27.8. The van der Waals surface area contributed by atoms with E-state index < -0.39 is 6.10 Å². The van der Waals surface area contributed by atoms with Gasteiger partial charge in [-0.3, -0.25) is 4.90 Å². The number of rotatable bonds is 12. The van der Waals surface area contributed by atoms with Gasteiger partial charge in [-0.1, -0.05) is 12.1 Å². The molecule has 41 heavy (non-hydrogen) atoms. The second-order valence-electron chi connectivity index (χ2n) is 9.46. The molecule has 1 fully saturated rings. The standard InChI is InChI=1S/C29H37N3O7.2ClH/c1-30-12-8-10-24(30)29(33)39-22(20-38-21-17-26(35-3)28(37-5)27(18-21)36-4)19-31-13-15-32(16-14-31)23-9-6-7-11-25(23)34-2;;/h6-12,17-18,22H,13-16,19-20H2,1-5H3;2*1H. The van der Waals surface area contributed by atoms with E-state index in [1.54, 1.807) is 51.2 Å². The quantitative estimate of drug-likeness (QED) is 0.198. The van der Waals surface area contributed by atoms with Crippen LogP contribution in [0.1, 0.15) is 10.5 Å². The lowest BCUT2D eigenvalue weighted by Gasteiger charge is -2.31. The third kappa shape index (κ3) is 8.36. The molecule has 226 valence electrons. The van der Waals surface area contributed by atoms with E-state index in [4.69, 9.17) is 28.4 Å². The van der Waals surface area contributed by atoms with E-state index in [2.05, 4.69) is 6.07 Å². The first-order valence-electron chi connectivity index (χ1n) is 13.0. The highest BCUT2D eigenvalue weighted by Gasteiger charge is 2.30. The first-order valence-corrected chi connectivity index (χ1v) is 13.0. The van der Waals surface area contributed by atoms with E-state index in [0.717, 1.165) is 31.9 Å². The molecule has 0 radical (unpaired) electrons. The van der Waals surface area contributed by atoms with Gasteiger partial charge in [-0.25, -0.2) is 4.79 Å². The van der Waals surface area contributed by atoms with Crippen LogP contribution >= 0.6 is 0 Å². The minimum atomic E-state index is -0.464. The van der Waals surface area contributed by atoms with Crippen molar-refractivity contribution in [2.45, 2.75) is 6.10 Å². The molecule has 10 nitrogen and oxygen atoms in total. The van der Waals surface area contributed by atoms with Crippen LogP contribution in [0, 0.1) is 0 Å². The van der Waals surface area contributed by atoms with Crippen LogP contribution in [0.3, 0.4) is 0 Å². The van der Waals surface area contributed by atoms with E-state index in [9.17, 15) is 4.79 Å². The lowest BCUT2D eigenvalue weighted by molar-refractivity contribution is -0.987. The molecular formula is C29H39Cl2N3O7. The largest absolute Gasteiger partial charge is 1.00 e. The molecule has 0 spiro atoms. The van der Waals surface area contributed by atoms with Gasteiger partial charge in [-0.15, -0.1) is 0 Å². The van der Waals surface area contributed by atoms with Gasteiger partial charge < -0.3 is 62.7 Å². The van der Waals surface area contributed by atoms with Gasteiger partial charge >= 0.3 is 5.97 Å². The summed E-state index contributed by atoms with van der Waals surface area (Å²) in [5.74, 6) is 2.53. The number of quaternary nitrogens is 2. The molecule has 0 bridgehead atoms. The number of piperazine rings is 1. The van der Waals surface area contributed by atoms with Crippen molar-refractivity contribution in [3.8, 4) is 28.7 Å². The number of hydrogen-bond donors (Lipinski definition) is 2. The summed E-state index contributed by atoms with van der Waals surface area (Å²) in [5.41, 5.74) is 1.67. The predicted molar refractivity (Wildman–Crippen MR) is 145 cm³/mol. The van der Waals surface area contributed by atoms with Gasteiger partial charge in [0.1, 0.15) is 50.8 Å². The van der Waals surface area contributed by atoms with E-state index in [0.29, 0.717) is 35.2 Å². The van der Waals surface area contributed by atoms with E-state index >= 15 is 0 Å². The second kappa shape index (κ2) is 16.2. The number of carbonyl (C=O) groups excluding carboxylic acids is 1. The summed E-state index contributed by atoms with van der Waals surface area (Å²) < 4.78 is 35.7. The molecule has 3 aromatic rings. The maximum absolute atomic E-state index is 13.0. The number of para-hydroxylation sites is 2. The van der Waals surface area contributed by atoms with Crippen LogP contribution < -0.4 is 58.3 Å². The van der Waals surface area contributed by atoms with Crippen molar-refractivity contribution in [1.82, 2.24) is 4.57 Å². The maximum Gasteiger partial charge on any atom is 0.355 e. The van der Waals surface area contributed by atoms with Gasteiger partial charge in [-0.05, 0) is 18.2 Å². The third-order valence-corrected chi connectivity index (χ3v) is 7.07. The van der Waals surface area contributed by atoms with Crippen LogP contribution in [-0.2, 0) is 11.8 Å². The zero-order valence-electron chi connectivity index (χ0n) is 24.1. The lowest BCUT2D eigenvalue weighted by Crippen LogP contribution is -3.26. The number of esters is 1. The number of methoxy groups -OCH3 is 4. The van der Waals surface area contributed by atoms with Crippen LogP contribution in [0.4, 0.5) is 5.69 Å². The van der Waals surface area contributed by atoms with Gasteiger partial charge in [0, 0.05) is 31.4 Å². The summed E-state index contributed by atoms with van der Waals surface area (Å²) in [6.45, 7) is 4.55. The molecule has 0 amide bonds. The fraction of sp³-hybridized carbons (Fsp3) is 0.414. The van der Waals surface area contributed by atoms with Gasteiger partial charge in [-0.2, -0.15) is 0 Å². The topological polar surface area (TPSA) is 86.3 Å². The highest BCUT2D eigenvalue weighted by Crippen LogP contribution is 2.40. The number of aromatic nitrogens is 1. The Kier molecular flexibility index (Phi) is 13.4. The summed E-state index contributed by atoms with van der Waals surface area (Å²) in [5, 5.41) is 0. The number of benzene rings is 2. The Morgan fingerprint density at radius 3 is 2.05 bits per heavy atom. The monoisotopic (exact) mass is 611 g/mol. The zero-order valence-corrected chi connectivity index (χ0v) is 25.6. The van der Waals surface area contributed by atoms with Crippen molar-refractivity contribution < 1.29 is 67.8 Å².